The second-order valence-electron chi connectivity index (χ2n) is 8.16. The van der Waals surface area contributed by atoms with E-state index in [1.54, 1.807) is 18.3 Å². The Bertz CT molecular complexity index is 1290. The molecule has 0 unspecified atom stereocenters. The van der Waals surface area contributed by atoms with E-state index in [1.807, 2.05) is 10.9 Å². The van der Waals surface area contributed by atoms with Crippen molar-refractivity contribution in [2.75, 3.05) is 25.5 Å². The van der Waals surface area contributed by atoms with Gasteiger partial charge in [-0.15, -0.1) is 0 Å². The lowest BCUT2D eigenvalue weighted by molar-refractivity contribution is 0.102. The fourth-order valence-corrected chi connectivity index (χ4v) is 4.13. The van der Waals surface area contributed by atoms with Gasteiger partial charge in [0.15, 0.2) is 5.69 Å². The van der Waals surface area contributed by atoms with Gasteiger partial charge in [-0.25, -0.2) is 8.78 Å². The van der Waals surface area contributed by atoms with Gasteiger partial charge in [0.1, 0.15) is 11.6 Å². The number of anilines is 1. The van der Waals surface area contributed by atoms with E-state index in [2.05, 4.69) is 32.6 Å². The van der Waals surface area contributed by atoms with Gasteiger partial charge in [-0.3, -0.25) is 14.6 Å². The van der Waals surface area contributed by atoms with Gasteiger partial charge in [-0.2, -0.15) is 10.2 Å². The van der Waals surface area contributed by atoms with Gasteiger partial charge in [0.2, 0.25) is 0 Å². The van der Waals surface area contributed by atoms with E-state index in [9.17, 15) is 13.6 Å². The van der Waals surface area contributed by atoms with E-state index in [1.165, 1.54) is 24.3 Å². The van der Waals surface area contributed by atoms with Gasteiger partial charge >= 0.3 is 0 Å². The molecule has 164 valence electrons. The van der Waals surface area contributed by atoms with Gasteiger partial charge in [0.25, 0.3) is 5.91 Å². The van der Waals surface area contributed by atoms with Crippen LogP contribution in [0.3, 0.4) is 0 Å². The van der Waals surface area contributed by atoms with Crippen molar-refractivity contribution in [1.29, 1.82) is 0 Å². The maximum Gasteiger partial charge on any atom is 0.276 e. The Labute approximate surface area is 183 Å². The summed E-state index contributed by atoms with van der Waals surface area (Å²) in [6, 6.07) is 8.80. The highest BCUT2D eigenvalue weighted by Gasteiger charge is 2.21. The minimum absolute atomic E-state index is 0.105. The third-order valence-electron chi connectivity index (χ3n) is 5.92. The molecule has 1 saturated heterocycles. The van der Waals surface area contributed by atoms with Crippen LogP contribution in [0.4, 0.5) is 14.5 Å². The van der Waals surface area contributed by atoms with Gasteiger partial charge in [0.05, 0.1) is 17.8 Å². The Kier molecular flexibility index (Phi) is 5.18. The molecular formula is C23H22F2N6O. The molecule has 0 bridgehead atoms. The molecule has 9 heteroatoms. The number of aromatic amines is 1. The number of nitrogens with one attached hydrogen (secondary N) is 2. The van der Waals surface area contributed by atoms with E-state index in [-0.39, 0.29) is 11.7 Å². The summed E-state index contributed by atoms with van der Waals surface area (Å²) in [5.41, 5.74) is 1.80. The van der Waals surface area contributed by atoms with E-state index in [0.717, 1.165) is 25.9 Å². The average molecular weight is 436 g/mol. The lowest BCUT2D eigenvalue weighted by atomic mass is 10.0. The van der Waals surface area contributed by atoms with Crippen molar-refractivity contribution in [3.05, 3.63) is 66.1 Å². The minimum atomic E-state index is -0.513. The van der Waals surface area contributed by atoms with Crippen LogP contribution >= 0.6 is 0 Å². The topological polar surface area (TPSA) is 78.8 Å². The van der Waals surface area contributed by atoms with Crippen LogP contribution in [0.15, 0.2) is 48.8 Å². The number of hydrogen-bond acceptors (Lipinski definition) is 4. The highest BCUT2D eigenvalue weighted by Crippen LogP contribution is 2.30. The van der Waals surface area contributed by atoms with E-state index in [4.69, 9.17) is 0 Å². The third kappa shape index (κ3) is 3.87. The van der Waals surface area contributed by atoms with Crippen molar-refractivity contribution in [2.24, 2.45) is 0 Å². The Hall–Kier alpha value is -3.59. The number of piperidine rings is 1. The molecule has 1 aliphatic heterocycles. The predicted octanol–water partition coefficient (Wildman–Crippen LogP) is 4.22. The third-order valence-corrected chi connectivity index (χ3v) is 5.92. The van der Waals surface area contributed by atoms with Crippen molar-refractivity contribution in [3.63, 3.8) is 0 Å². The zero-order valence-electron chi connectivity index (χ0n) is 17.5. The molecule has 5 rings (SSSR count). The van der Waals surface area contributed by atoms with Gasteiger partial charge < -0.3 is 10.2 Å². The number of halogens is 2. The number of carbonyl (C=O) groups excluding carboxylic acids is 1. The van der Waals surface area contributed by atoms with Crippen LogP contribution in [0, 0.1) is 11.6 Å². The second kappa shape index (κ2) is 8.16. The van der Waals surface area contributed by atoms with Crippen molar-refractivity contribution in [2.45, 2.75) is 18.9 Å². The first-order valence-corrected chi connectivity index (χ1v) is 10.5. The molecule has 0 radical (unpaired) electrons. The van der Waals surface area contributed by atoms with E-state index >= 15 is 0 Å². The predicted molar refractivity (Wildman–Crippen MR) is 117 cm³/mol. The lowest BCUT2D eigenvalue weighted by Crippen LogP contribution is -2.31. The molecule has 2 N–H and O–H groups in total. The van der Waals surface area contributed by atoms with Gasteiger partial charge in [0, 0.05) is 34.5 Å². The molecule has 1 aliphatic rings. The number of likely N-dealkylation sites (tertiary alicyclic amines) is 1. The van der Waals surface area contributed by atoms with Crippen molar-refractivity contribution in [1.82, 2.24) is 24.9 Å². The van der Waals surface area contributed by atoms with Crippen LogP contribution in [0.5, 0.6) is 0 Å². The lowest BCUT2D eigenvalue weighted by Gasteiger charge is -2.28. The maximum atomic E-state index is 14.9. The molecule has 0 atom stereocenters. The normalized spacial score (nSPS) is 15.3. The number of carbonyl (C=O) groups is 1. The number of hydrogen-bond donors (Lipinski definition) is 2. The summed E-state index contributed by atoms with van der Waals surface area (Å²) in [5.74, 6) is -1.40. The summed E-state index contributed by atoms with van der Waals surface area (Å²) in [7, 11) is 2.10. The molecule has 0 spiro atoms. The SMILES string of the molecule is CN1CCC(n2cc(-c3cc4c(C(=O)Nc5cccc(F)c5)n[nH]c4cc3F)cn2)CC1. The monoisotopic (exact) mass is 436 g/mol. The molecule has 1 fully saturated rings. The quantitative estimate of drug-likeness (QED) is 0.502. The average Bonchev–Trinajstić information content (AvgIpc) is 3.41. The molecule has 3 heterocycles. The summed E-state index contributed by atoms with van der Waals surface area (Å²) >= 11 is 0. The standard InChI is InChI=1S/C23H22F2N6O/c1-30-7-5-17(6-8-30)31-13-14(12-26-31)18-10-19-21(11-20(18)25)28-29-22(19)23(32)27-16-4-2-3-15(24)9-16/h2-4,9-13,17H,5-8H2,1H3,(H,27,32)(H,28,29). The fourth-order valence-electron chi connectivity index (χ4n) is 4.13. The van der Waals surface area contributed by atoms with E-state index in [0.29, 0.717) is 27.7 Å². The summed E-state index contributed by atoms with van der Waals surface area (Å²) < 4.78 is 30.2. The molecule has 2 aromatic heterocycles. The Morgan fingerprint density at radius 3 is 2.78 bits per heavy atom. The molecule has 32 heavy (non-hydrogen) atoms. The molecule has 1 amide bonds. The fraction of sp³-hybridized carbons (Fsp3) is 0.261. The van der Waals surface area contributed by atoms with Crippen LogP contribution in [0.25, 0.3) is 22.0 Å². The van der Waals surface area contributed by atoms with Crippen molar-refractivity contribution < 1.29 is 13.6 Å². The summed E-state index contributed by atoms with van der Waals surface area (Å²) in [6.45, 7) is 2.00. The molecule has 7 nitrogen and oxygen atoms in total. The molecule has 0 saturated carbocycles. The Morgan fingerprint density at radius 2 is 2.00 bits per heavy atom. The molecule has 4 aromatic rings. The second-order valence-corrected chi connectivity index (χ2v) is 8.16. The van der Waals surface area contributed by atoms with Gasteiger partial charge in [-0.05, 0) is 57.2 Å². The van der Waals surface area contributed by atoms with Crippen molar-refractivity contribution in [3.8, 4) is 11.1 Å². The highest BCUT2D eigenvalue weighted by molar-refractivity contribution is 6.11. The zero-order chi connectivity index (χ0) is 22.2. The smallest absolute Gasteiger partial charge is 0.276 e. The Balaban J connectivity index is 1.45. The molecule has 2 aromatic carbocycles. The van der Waals surface area contributed by atoms with Crippen LogP contribution in [0.2, 0.25) is 0 Å². The number of H-pyrrole nitrogens is 1. The number of aromatic nitrogens is 4. The van der Waals surface area contributed by atoms with Crippen LogP contribution in [0.1, 0.15) is 29.4 Å². The minimum Gasteiger partial charge on any atom is -0.320 e. The molecular weight excluding hydrogens is 414 g/mol. The first kappa shape index (κ1) is 20.3. The number of amides is 1. The van der Waals surface area contributed by atoms with Crippen LogP contribution < -0.4 is 5.32 Å². The first-order valence-electron chi connectivity index (χ1n) is 10.5. The maximum absolute atomic E-state index is 14.9. The van der Waals surface area contributed by atoms with Gasteiger partial charge in [-0.1, -0.05) is 6.07 Å². The van der Waals surface area contributed by atoms with Crippen LogP contribution in [-0.4, -0.2) is 50.9 Å². The number of nitrogens with zero attached hydrogens (tertiary/aromatic N) is 4. The summed E-state index contributed by atoms with van der Waals surface area (Å²) in [6.07, 6.45) is 5.48. The summed E-state index contributed by atoms with van der Waals surface area (Å²) in [4.78, 5) is 15.0. The van der Waals surface area contributed by atoms with Crippen molar-refractivity contribution >= 4 is 22.5 Å². The largest absolute Gasteiger partial charge is 0.320 e. The van der Waals surface area contributed by atoms with Crippen LogP contribution in [-0.2, 0) is 0 Å². The number of rotatable bonds is 4. The summed E-state index contributed by atoms with van der Waals surface area (Å²) in [5, 5.41) is 14.3. The molecule has 0 aliphatic carbocycles. The van der Waals surface area contributed by atoms with E-state index < -0.39 is 17.5 Å². The highest BCUT2D eigenvalue weighted by atomic mass is 19.1. The number of benzene rings is 2. The first-order chi connectivity index (χ1) is 15.5. The number of fused-ring (bicyclic) bond motifs is 1. The Morgan fingerprint density at radius 1 is 1.19 bits per heavy atom. The zero-order valence-corrected chi connectivity index (χ0v) is 17.5.